The summed E-state index contributed by atoms with van der Waals surface area (Å²) in [5.74, 6) is 0.751. The van der Waals surface area contributed by atoms with Gasteiger partial charge in [0.1, 0.15) is 0 Å². The van der Waals surface area contributed by atoms with Crippen LogP contribution in [0.25, 0.3) is 0 Å². The number of hydrogen-bond donors (Lipinski definition) is 1. The lowest BCUT2D eigenvalue weighted by Gasteiger charge is -2.17. The van der Waals surface area contributed by atoms with Crippen molar-refractivity contribution in [3.63, 3.8) is 0 Å². The Balaban J connectivity index is 2.39. The number of hydrogen-bond acceptors (Lipinski definition) is 1. The quantitative estimate of drug-likeness (QED) is 0.617. The molecule has 0 saturated carbocycles. The van der Waals surface area contributed by atoms with E-state index in [0.29, 0.717) is 6.04 Å². The molecule has 0 aliphatic rings. The van der Waals surface area contributed by atoms with Crippen LogP contribution in [0.2, 0.25) is 0 Å². The van der Waals surface area contributed by atoms with Crippen molar-refractivity contribution in [1.82, 2.24) is 0 Å². The molecule has 1 heteroatoms. The zero-order chi connectivity index (χ0) is 13.4. The Morgan fingerprint density at radius 3 is 2.22 bits per heavy atom. The third kappa shape index (κ3) is 6.09. The fraction of sp³-hybridized carbons (Fsp3) is 0.647. The largest absolute Gasteiger partial charge is 0.383 e. The molecule has 1 unspecified atom stereocenters. The SMILES string of the molecule is CCCCCc1ccc(NC(C)CC(C)C)cc1. The summed E-state index contributed by atoms with van der Waals surface area (Å²) in [5, 5.41) is 3.57. The minimum Gasteiger partial charge on any atom is -0.383 e. The van der Waals surface area contributed by atoms with E-state index in [2.05, 4.69) is 57.3 Å². The Morgan fingerprint density at radius 1 is 1.00 bits per heavy atom. The lowest BCUT2D eigenvalue weighted by molar-refractivity contribution is 0.540. The first-order chi connectivity index (χ1) is 8.61. The molecule has 1 rings (SSSR count). The number of nitrogens with one attached hydrogen (secondary N) is 1. The zero-order valence-electron chi connectivity index (χ0n) is 12.5. The van der Waals surface area contributed by atoms with Crippen molar-refractivity contribution in [2.75, 3.05) is 5.32 Å². The Bertz CT molecular complexity index is 313. The number of benzene rings is 1. The molecule has 18 heavy (non-hydrogen) atoms. The van der Waals surface area contributed by atoms with E-state index in [1.807, 2.05) is 0 Å². The van der Waals surface area contributed by atoms with Crippen LogP contribution in [0.4, 0.5) is 5.69 Å². The van der Waals surface area contributed by atoms with Crippen LogP contribution in [0.5, 0.6) is 0 Å². The highest BCUT2D eigenvalue weighted by atomic mass is 14.9. The minimum absolute atomic E-state index is 0.552. The number of anilines is 1. The molecular weight excluding hydrogens is 218 g/mol. The van der Waals surface area contributed by atoms with Gasteiger partial charge in [0.25, 0.3) is 0 Å². The molecule has 0 spiro atoms. The van der Waals surface area contributed by atoms with E-state index in [1.54, 1.807) is 0 Å². The second kappa shape index (κ2) is 8.18. The van der Waals surface area contributed by atoms with E-state index < -0.39 is 0 Å². The van der Waals surface area contributed by atoms with Gasteiger partial charge >= 0.3 is 0 Å². The highest BCUT2D eigenvalue weighted by molar-refractivity contribution is 5.45. The van der Waals surface area contributed by atoms with Crippen molar-refractivity contribution < 1.29 is 0 Å². The summed E-state index contributed by atoms with van der Waals surface area (Å²) in [7, 11) is 0. The van der Waals surface area contributed by atoms with Gasteiger partial charge in [-0.1, -0.05) is 45.7 Å². The van der Waals surface area contributed by atoms with Crippen molar-refractivity contribution in [2.24, 2.45) is 5.92 Å². The molecule has 0 radical (unpaired) electrons. The molecule has 0 aromatic heterocycles. The van der Waals surface area contributed by atoms with E-state index >= 15 is 0 Å². The summed E-state index contributed by atoms with van der Waals surface area (Å²) in [6, 6.07) is 9.52. The summed E-state index contributed by atoms with van der Waals surface area (Å²) in [4.78, 5) is 0. The summed E-state index contributed by atoms with van der Waals surface area (Å²) >= 11 is 0. The number of unbranched alkanes of at least 4 members (excludes halogenated alkanes) is 2. The van der Waals surface area contributed by atoms with Gasteiger partial charge in [-0.15, -0.1) is 0 Å². The second-order valence-electron chi connectivity index (χ2n) is 5.83. The molecule has 0 saturated heterocycles. The third-order valence-corrected chi connectivity index (χ3v) is 3.26. The maximum absolute atomic E-state index is 3.57. The first-order valence-corrected chi connectivity index (χ1v) is 7.47. The standard InChI is InChI=1S/C17H29N/c1-5-6-7-8-16-9-11-17(12-10-16)18-15(4)13-14(2)3/h9-12,14-15,18H,5-8,13H2,1-4H3. The van der Waals surface area contributed by atoms with Crippen molar-refractivity contribution in [3.8, 4) is 0 Å². The highest BCUT2D eigenvalue weighted by Crippen LogP contribution is 2.15. The van der Waals surface area contributed by atoms with Crippen LogP contribution in [-0.2, 0) is 6.42 Å². The monoisotopic (exact) mass is 247 g/mol. The molecule has 0 fully saturated rings. The van der Waals surface area contributed by atoms with Crippen LogP contribution in [-0.4, -0.2) is 6.04 Å². The summed E-state index contributed by atoms with van der Waals surface area (Å²) in [6.45, 7) is 9.06. The van der Waals surface area contributed by atoms with Gasteiger partial charge < -0.3 is 5.32 Å². The van der Waals surface area contributed by atoms with Crippen LogP contribution < -0.4 is 5.32 Å². The van der Waals surface area contributed by atoms with Gasteiger partial charge in [0.05, 0.1) is 0 Å². The molecule has 0 aliphatic carbocycles. The number of aryl methyl sites for hydroxylation is 1. The predicted octanol–water partition coefficient (Wildman–Crippen LogP) is 5.27. The minimum atomic E-state index is 0.552. The van der Waals surface area contributed by atoms with E-state index in [0.717, 1.165) is 5.92 Å². The molecule has 0 heterocycles. The van der Waals surface area contributed by atoms with Crippen molar-refractivity contribution in [3.05, 3.63) is 29.8 Å². The fourth-order valence-electron chi connectivity index (χ4n) is 2.40. The first-order valence-electron chi connectivity index (χ1n) is 7.47. The van der Waals surface area contributed by atoms with Crippen molar-refractivity contribution in [2.45, 2.75) is 65.8 Å². The predicted molar refractivity (Wildman–Crippen MR) is 82.2 cm³/mol. The Labute approximate surface area is 113 Å². The molecule has 1 nitrogen and oxygen atoms in total. The van der Waals surface area contributed by atoms with Crippen LogP contribution in [0.15, 0.2) is 24.3 Å². The van der Waals surface area contributed by atoms with Crippen LogP contribution >= 0.6 is 0 Å². The Morgan fingerprint density at radius 2 is 1.67 bits per heavy atom. The van der Waals surface area contributed by atoms with Gasteiger partial charge in [0, 0.05) is 11.7 Å². The summed E-state index contributed by atoms with van der Waals surface area (Å²) < 4.78 is 0. The van der Waals surface area contributed by atoms with Gasteiger partial charge in [-0.05, 0) is 49.8 Å². The van der Waals surface area contributed by atoms with E-state index in [1.165, 1.54) is 43.4 Å². The molecule has 0 bridgehead atoms. The van der Waals surface area contributed by atoms with E-state index in [4.69, 9.17) is 0 Å². The molecule has 102 valence electrons. The first kappa shape index (κ1) is 15.1. The lowest BCUT2D eigenvalue weighted by Crippen LogP contribution is -2.17. The van der Waals surface area contributed by atoms with Crippen LogP contribution in [0.3, 0.4) is 0 Å². The highest BCUT2D eigenvalue weighted by Gasteiger charge is 2.04. The Hall–Kier alpha value is -0.980. The molecule has 1 aromatic carbocycles. The maximum Gasteiger partial charge on any atom is 0.0342 e. The molecule has 0 amide bonds. The van der Waals surface area contributed by atoms with Crippen molar-refractivity contribution >= 4 is 5.69 Å². The summed E-state index contributed by atoms with van der Waals surface area (Å²) in [6.07, 6.45) is 6.39. The number of rotatable bonds is 8. The molecule has 1 aromatic rings. The van der Waals surface area contributed by atoms with Gasteiger partial charge in [-0.3, -0.25) is 0 Å². The Kier molecular flexibility index (Phi) is 6.85. The third-order valence-electron chi connectivity index (χ3n) is 3.26. The molecule has 1 atom stereocenters. The van der Waals surface area contributed by atoms with Gasteiger partial charge in [-0.25, -0.2) is 0 Å². The van der Waals surface area contributed by atoms with Crippen LogP contribution in [0, 0.1) is 5.92 Å². The van der Waals surface area contributed by atoms with Crippen molar-refractivity contribution in [1.29, 1.82) is 0 Å². The maximum atomic E-state index is 3.57. The fourth-order valence-corrected chi connectivity index (χ4v) is 2.40. The molecular formula is C17H29N. The van der Waals surface area contributed by atoms with E-state index in [-0.39, 0.29) is 0 Å². The average Bonchev–Trinajstić information content (AvgIpc) is 2.30. The van der Waals surface area contributed by atoms with Gasteiger partial charge in [0.2, 0.25) is 0 Å². The topological polar surface area (TPSA) is 12.0 Å². The average molecular weight is 247 g/mol. The lowest BCUT2D eigenvalue weighted by atomic mass is 10.0. The summed E-state index contributed by atoms with van der Waals surface area (Å²) in [5.41, 5.74) is 2.72. The normalized spacial score (nSPS) is 12.7. The second-order valence-corrected chi connectivity index (χ2v) is 5.83. The van der Waals surface area contributed by atoms with Gasteiger partial charge in [0.15, 0.2) is 0 Å². The molecule has 0 aliphatic heterocycles. The smallest absolute Gasteiger partial charge is 0.0342 e. The zero-order valence-corrected chi connectivity index (χ0v) is 12.5. The van der Waals surface area contributed by atoms with E-state index in [9.17, 15) is 0 Å². The van der Waals surface area contributed by atoms with Gasteiger partial charge in [-0.2, -0.15) is 0 Å². The van der Waals surface area contributed by atoms with Crippen LogP contribution in [0.1, 0.15) is 58.9 Å². The molecule has 1 N–H and O–H groups in total.